The molecular formula is C8H10N2O4. The highest BCUT2D eigenvalue weighted by Crippen LogP contribution is 2.20. The Morgan fingerprint density at radius 1 is 1.29 bits per heavy atom. The Bertz CT molecular complexity index is 365. The first-order valence-electron chi connectivity index (χ1n) is 3.80. The molecule has 1 rings (SSSR count). The van der Waals surface area contributed by atoms with Crippen molar-refractivity contribution >= 4 is 5.97 Å². The molecule has 1 heterocycles. The van der Waals surface area contributed by atoms with Crippen molar-refractivity contribution in [2.75, 3.05) is 14.2 Å². The lowest BCUT2D eigenvalue weighted by atomic mass is 10.2. The maximum Gasteiger partial charge on any atom is 0.343 e. The summed E-state index contributed by atoms with van der Waals surface area (Å²) in [6.07, 6.45) is 0. The van der Waals surface area contributed by atoms with Crippen LogP contribution >= 0.6 is 0 Å². The van der Waals surface area contributed by atoms with Crippen molar-refractivity contribution in [1.29, 1.82) is 0 Å². The summed E-state index contributed by atoms with van der Waals surface area (Å²) in [6.45, 7) is 1.55. The molecule has 1 N–H and O–H groups in total. The molecule has 14 heavy (non-hydrogen) atoms. The van der Waals surface area contributed by atoms with Gasteiger partial charge in [0.2, 0.25) is 5.88 Å². The molecular weight excluding hydrogens is 188 g/mol. The number of hydrogen-bond acceptors (Lipinski definition) is 5. The van der Waals surface area contributed by atoms with Gasteiger partial charge in [-0.05, 0) is 6.92 Å². The molecule has 76 valence electrons. The van der Waals surface area contributed by atoms with Crippen molar-refractivity contribution < 1.29 is 19.4 Å². The zero-order valence-corrected chi connectivity index (χ0v) is 8.07. The van der Waals surface area contributed by atoms with Crippen LogP contribution in [0.1, 0.15) is 16.1 Å². The number of nitrogens with zero attached hydrogens (tertiary/aromatic N) is 2. The summed E-state index contributed by atoms with van der Waals surface area (Å²) < 4.78 is 9.60. The first kappa shape index (κ1) is 10.2. The summed E-state index contributed by atoms with van der Waals surface area (Å²) in [7, 11) is 2.74. The van der Waals surface area contributed by atoms with E-state index in [0.717, 1.165) is 0 Å². The van der Waals surface area contributed by atoms with Crippen LogP contribution in [-0.2, 0) is 0 Å². The summed E-state index contributed by atoms with van der Waals surface area (Å²) in [4.78, 5) is 18.4. The Balaban J connectivity index is 3.34. The molecule has 0 fully saturated rings. The minimum absolute atomic E-state index is 0.00171. The molecule has 0 aliphatic rings. The topological polar surface area (TPSA) is 81.5 Å². The molecule has 0 unspecified atom stereocenters. The molecule has 6 heteroatoms. The predicted octanol–water partition coefficient (Wildman–Crippen LogP) is 0.500. The summed E-state index contributed by atoms with van der Waals surface area (Å²) in [5.74, 6) is -1.12. The fraction of sp³-hybridized carbons (Fsp3) is 0.375. The molecule has 0 saturated heterocycles. The highest BCUT2D eigenvalue weighted by Gasteiger charge is 2.18. The van der Waals surface area contributed by atoms with Crippen molar-refractivity contribution in [2.24, 2.45) is 0 Å². The lowest BCUT2D eigenvalue weighted by molar-refractivity contribution is 0.0690. The molecule has 0 atom stereocenters. The van der Waals surface area contributed by atoms with Crippen molar-refractivity contribution in [1.82, 2.24) is 9.97 Å². The van der Waals surface area contributed by atoms with Gasteiger partial charge in [-0.2, -0.15) is 9.97 Å². The number of hydrogen-bond donors (Lipinski definition) is 1. The second kappa shape index (κ2) is 3.91. The van der Waals surface area contributed by atoms with Gasteiger partial charge in [-0.25, -0.2) is 4.79 Å². The highest BCUT2D eigenvalue weighted by molar-refractivity contribution is 5.91. The third kappa shape index (κ3) is 1.73. The van der Waals surface area contributed by atoms with Crippen molar-refractivity contribution in [3.05, 3.63) is 11.3 Å². The van der Waals surface area contributed by atoms with Gasteiger partial charge >= 0.3 is 12.0 Å². The van der Waals surface area contributed by atoms with E-state index in [0.29, 0.717) is 5.69 Å². The van der Waals surface area contributed by atoms with Crippen LogP contribution in [0.15, 0.2) is 0 Å². The van der Waals surface area contributed by atoms with Gasteiger partial charge in [0.1, 0.15) is 5.56 Å². The van der Waals surface area contributed by atoms with E-state index in [-0.39, 0.29) is 17.5 Å². The Hall–Kier alpha value is -1.85. The second-order valence-corrected chi connectivity index (χ2v) is 2.49. The zero-order valence-electron chi connectivity index (χ0n) is 8.07. The van der Waals surface area contributed by atoms with Crippen LogP contribution < -0.4 is 9.47 Å². The van der Waals surface area contributed by atoms with Gasteiger partial charge in [-0.15, -0.1) is 0 Å². The van der Waals surface area contributed by atoms with Crippen LogP contribution in [0.4, 0.5) is 0 Å². The normalized spacial score (nSPS) is 9.64. The Labute approximate surface area is 80.5 Å². The fourth-order valence-corrected chi connectivity index (χ4v) is 1.01. The largest absolute Gasteiger partial charge is 0.480 e. The van der Waals surface area contributed by atoms with Gasteiger partial charge in [-0.3, -0.25) is 0 Å². The maximum atomic E-state index is 10.8. The number of carboxylic acids is 1. The van der Waals surface area contributed by atoms with E-state index in [1.165, 1.54) is 14.2 Å². The lowest BCUT2D eigenvalue weighted by Gasteiger charge is -2.07. The minimum Gasteiger partial charge on any atom is -0.480 e. The number of aromatic carboxylic acids is 1. The fourth-order valence-electron chi connectivity index (χ4n) is 1.01. The van der Waals surface area contributed by atoms with E-state index < -0.39 is 5.97 Å². The number of ether oxygens (including phenoxy) is 2. The van der Waals surface area contributed by atoms with Crippen LogP contribution in [0.25, 0.3) is 0 Å². The maximum absolute atomic E-state index is 10.8. The van der Waals surface area contributed by atoms with E-state index in [1.807, 2.05) is 0 Å². The minimum atomic E-state index is -1.12. The summed E-state index contributed by atoms with van der Waals surface area (Å²) in [5, 5.41) is 8.84. The third-order valence-corrected chi connectivity index (χ3v) is 1.63. The first-order chi connectivity index (χ1) is 6.60. The van der Waals surface area contributed by atoms with Gasteiger partial charge in [0.15, 0.2) is 0 Å². The summed E-state index contributed by atoms with van der Waals surface area (Å²) >= 11 is 0. The molecule has 0 spiro atoms. The Morgan fingerprint density at radius 3 is 2.36 bits per heavy atom. The molecule has 0 aromatic carbocycles. The zero-order chi connectivity index (χ0) is 10.7. The number of carbonyl (C=O) groups is 1. The molecule has 1 aromatic rings. The van der Waals surface area contributed by atoms with Crippen LogP contribution in [0.2, 0.25) is 0 Å². The smallest absolute Gasteiger partial charge is 0.343 e. The average molecular weight is 198 g/mol. The van der Waals surface area contributed by atoms with Gasteiger partial charge in [0.05, 0.1) is 19.9 Å². The second-order valence-electron chi connectivity index (χ2n) is 2.49. The lowest BCUT2D eigenvalue weighted by Crippen LogP contribution is -2.08. The van der Waals surface area contributed by atoms with E-state index in [2.05, 4.69) is 9.97 Å². The summed E-state index contributed by atoms with van der Waals surface area (Å²) in [5.41, 5.74) is 0.259. The highest BCUT2D eigenvalue weighted by atomic mass is 16.5. The molecule has 0 radical (unpaired) electrons. The van der Waals surface area contributed by atoms with Crippen LogP contribution in [0, 0.1) is 6.92 Å². The number of methoxy groups -OCH3 is 2. The first-order valence-corrected chi connectivity index (χ1v) is 3.80. The number of aromatic nitrogens is 2. The quantitative estimate of drug-likeness (QED) is 0.761. The molecule has 0 bridgehead atoms. The third-order valence-electron chi connectivity index (χ3n) is 1.63. The Kier molecular flexibility index (Phi) is 2.85. The van der Waals surface area contributed by atoms with E-state index >= 15 is 0 Å². The SMILES string of the molecule is COc1nc(C)c(C(=O)O)c(OC)n1. The molecule has 0 aliphatic carbocycles. The van der Waals surface area contributed by atoms with Crippen molar-refractivity contribution in [3.8, 4) is 11.9 Å². The molecule has 0 saturated carbocycles. The van der Waals surface area contributed by atoms with Gasteiger partial charge in [0.25, 0.3) is 0 Å². The predicted molar refractivity (Wildman–Crippen MR) is 46.8 cm³/mol. The number of carboxylic acid groups (broad SMARTS) is 1. The van der Waals surface area contributed by atoms with E-state index in [4.69, 9.17) is 14.6 Å². The van der Waals surface area contributed by atoms with Crippen LogP contribution in [0.5, 0.6) is 11.9 Å². The van der Waals surface area contributed by atoms with Crippen molar-refractivity contribution in [3.63, 3.8) is 0 Å². The molecule has 1 aromatic heterocycles. The van der Waals surface area contributed by atoms with E-state index in [9.17, 15) is 4.79 Å². The van der Waals surface area contributed by atoms with Gasteiger partial charge in [0, 0.05) is 0 Å². The van der Waals surface area contributed by atoms with E-state index in [1.54, 1.807) is 6.92 Å². The average Bonchev–Trinajstić information content (AvgIpc) is 2.15. The summed E-state index contributed by atoms with van der Waals surface area (Å²) in [6, 6.07) is 0.0874. The molecule has 0 amide bonds. The van der Waals surface area contributed by atoms with Gasteiger partial charge in [-0.1, -0.05) is 0 Å². The Morgan fingerprint density at radius 2 is 1.93 bits per heavy atom. The monoisotopic (exact) mass is 198 g/mol. The molecule has 6 nitrogen and oxygen atoms in total. The van der Waals surface area contributed by atoms with Gasteiger partial charge < -0.3 is 14.6 Å². The number of aryl methyl sites for hydroxylation is 1. The van der Waals surface area contributed by atoms with Crippen LogP contribution in [0.3, 0.4) is 0 Å². The standard InChI is InChI=1S/C8H10N2O4/c1-4-5(7(11)12)6(13-2)10-8(9-4)14-3/h1-3H3,(H,11,12). The van der Waals surface area contributed by atoms with Crippen LogP contribution in [-0.4, -0.2) is 35.3 Å². The molecule has 0 aliphatic heterocycles. The number of rotatable bonds is 3. The van der Waals surface area contributed by atoms with Crippen molar-refractivity contribution in [2.45, 2.75) is 6.92 Å².